The number of rotatable bonds is 4. The largest absolute Gasteiger partial charge is 0.238 e. The van der Waals surface area contributed by atoms with Gasteiger partial charge in [0.2, 0.25) is 0 Å². The number of hydrogen-bond donors (Lipinski definition) is 0. The molecular weight excluding hydrogens is 287 g/mol. The van der Waals surface area contributed by atoms with Gasteiger partial charge in [-0.1, -0.05) is 24.3 Å². The van der Waals surface area contributed by atoms with Crippen molar-refractivity contribution in [1.29, 1.82) is 0 Å². The minimum Gasteiger partial charge on any atom is -0.238 e. The van der Waals surface area contributed by atoms with Crippen molar-refractivity contribution in [1.82, 2.24) is 9.78 Å². The van der Waals surface area contributed by atoms with Gasteiger partial charge in [-0.2, -0.15) is 5.10 Å². The van der Waals surface area contributed by atoms with E-state index in [0.717, 1.165) is 34.6 Å². The van der Waals surface area contributed by atoms with E-state index in [9.17, 15) is 4.39 Å². The normalized spacial score (nSPS) is 11.0. The topological polar surface area (TPSA) is 17.8 Å². The monoisotopic (exact) mass is 308 g/mol. The molecule has 1 heterocycles. The smallest absolute Gasteiger partial charge is 0.126 e. The van der Waals surface area contributed by atoms with E-state index >= 15 is 0 Å². The molecule has 0 radical (unpaired) electrons. The SMILES string of the molecule is Cc1ccc(CCc2ccc(-n3nc(C)cc3C)cc2)c(F)c1. The first-order chi connectivity index (χ1) is 11.0. The first-order valence-corrected chi connectivity index (χ1v) is 7.90. The van der Waals surface area contributed by atoms with Crippen molar-refractivity contribution in [3.05, 3.63) is 82.4 Å². The molecule has 0 bridgehead atoms. The Hall–Kier alpha value is -2.42. The number of benzene rings is 2. The van der Waals surface area contributed by atoms with Gasteiger partial charge in [0.1, 0.15) is 5.82 Å². The second-order valence-corrected chi connectivity index (χ2v) is 6.10. The number of aromatic nitrogens is 2. The lowest BCUT2D eigenvalue weighted by molar-refractivity contribution is 0.607. The average molecular weight is 308 g/mol. The maximum Gasteiger partial charge on any atom is 0.126 e. The van der Waals surface area contributed by atoms with Crippen LogP contribution >= 0.6 is 0 Å². The molecule has 23 heavy (non-hydrogen) atoms. The van der Waals surface area contributed by atoms with Gasteiger partial charge in [-0.3, -0.25) is 0 Å². The molecule has 0 unspecified atom stereocenters. The zero-order chi connectivity index (χ0) is 16.4. The van der Waals surface area contributed by atoms with Crippen molar-refractivity contribution in [2.45, 2.75) is 33.6 Å². The molecule has 0 aliphatic heterocycles. The summed E-state index contributed by atoms with van der Waals surface area (Å²) in [5.41, 5.74) is 6.13. The standard InChI is InChI=1S/C20H21FN2/c1-14-4-8-18(20(21)12-14)9-5-17-6-10-19(11-7-17)23-16(3)13-15(2)22-23/h4,6-8,10-13H,5,9H2,1-3H3. The Kier molecular flexibility index (Phi) is 4.28. The Balaban J connectivity index is 1.71. The van der Waals surface area contributed by atoms with Crippen LogP contribution in [0.5, 0.6) is 0 Å². The molecule has 3 heteroatoms. The lowest BCUT2D eigenvalue weighted by atomic mass is 10.0. The van der Waals surface area contributed by atoms with E-state index in [1.54, 1.807) is 6.07 Å². The Morgan fingerprint density at radius 1 is 0.913 bits per heavy atom. The zero-order valence-corrected chi connectivity index (χ0v) is 13.8. The van der Waals surface area contributed by atoms with E-state index in [1.807, 2.05) is 37.6 Å². The second kappa shape index (κ2) is 6.37. The Morgan fingerprint density at radius 3 is 2.26 bits per heavy atom. The highest BCUT2D eigenvalue weighted by molar-refractivity contribution is 5.36. The molecule has 0 spiro atoms. The molecule has 1 aromatic heterocycles. The molecular formula is C20H21FN2. The minimum absolute atomic E-state index is 0.107. The summed E-state index contributed by atoms with van der Waals surface area (Å²) in [6.07, 6.45) is 1.54. The number of nitrogens with zero attached hydrogens (tertiary/aromatic N) is 2. The van der Waals surface area contributed by atoms with Gasteiger partial charge in [-0.05, 0) is 74.6 Å². The van der Waals surface area contributed by atoms with E-state index in [4.69, 9.17) is 0 Å². The fourth-order valence-corrected chi connectivity index (χ4v) is 2.83. The Labute approximate surface area is 136 Å². The van der Waals surface area contributed by atoms with E-state index in [-0.39, 0.29) is 5.82 Å². The molecule has 2 aromatic carbocycles. The number of aryl methyl sites for hydroxylation is 5. The molecule has 0 saturated carbocycles. The fraction of sp³-hybridized carbons (Fsp3) is 0.250. The van der Waals surface area contributed by atoms with Gasteiger partial charge in [-0.25, -0.2) is 9.07 Å². The average Bonchev–Trinajstić information content (AvgIpc) is 2.86. The van der Waals surface area contributed by atoms with Crippen molar-refractivity contribution in [3.8, 4) is 5.69 Å². The number of hydrogen-bond acceptors (Lipinski definition) is 1. The molecule has 0 fully saturated rings. The van der Waals surface area contributed by atoms with Crippen LogP contribution in [0.3, 0.4) is 0 Å². The van der Waals surface area contributed by atoms with Gasteiger partial charge in [0, 0.05) is 5.69 Å². The first kappa shape index (κ1) is 15.5. The van der Waals surface area contributed by atoms with Crippen LogP contribution in [0, 0.1) is 26.6 Å². The van der Waals surface area contributed by atoms with Gasteiger partial charge < -0.3 is 0 Å². The van der Waals surface area contributed by atoms with Crippen molar-refractivity contribution < 1.29 is 4.39 Å². The number of halogens is 1. The van der Waals surface area contributed by atoms with Crippen LogP contribution < -0.4 is 0 Å². The predicted molar refractivity (Wildman–Crippen MR) is 91.6 cm³/mol. The van der Waals surface area contributed by atoms with Gasteiger partial charge in [-0.15, -0.1) is 0 Å². The Morgan fingerprint density at radius 2 is 1.65 bits per heavy atom. The summed E-state index contributed by atoms with van der Waals surface area (Å²) in [6.45, 7) is 5.95. The lowest BCUT2D eigenvalue weighted by Gasteiger charge is -2.07. The highest BCUT2D eigenvalue weighted by atomic mass is 19.1. The van der Waals surface area contributed by atoms with Crippen LogP contribution in [-0.2, 0) is 12.8 Å². The van der Waals surface area contributed by atoms with E-state index < -0.39 is 0 Å². The first-order valence-electron chi connectivity index (χ1n) is 7.90. The van der Waals surface area contributed by atoms with E-state index in [2.05, 4.69) is 35.4 Å². The second-order valence-electron chi connectivity index (χ2n) is 6.10. The van der Waals surface area contributed by atoms with E-state index in [1.165, 1.54) is 5.56 Å². The molecule has 0 N–H and O–H groups in total. The molecule has 0 atom stereocenters. The molecule has 0 amide bonds. The fourth-order valence-electron chi connectivity index (χ4n) is 2.83. The maximum absolute atomic E-state index is 13.9. The molecule has 2 nitrogen and oxygen atoms in total. The summed E-state index contributed by atoms with van der Waals surface area (Å²) >= 11 is 0. The zero-order valence-electron chi connectivity index (χ0n) is 13.8. The summed E-state index contributed by atoms with van der Waals surface area (Å²) in [7, 11) is 0. The highest BCUT2D eigenvalue weighted by Crippen LogP contribution is 2.16. The van der Waals surface area contributed by atoms with Gasteiger partial charge in [0.25, 0.3) is 0 Å². The molecule has 0 aliphatic rings. The molecule has 0 aliphatic carbocycles. The van der Waals surface area contributed by atoms with Crippen molar-refractivity contribution in [2.75, 3.05) is 0 Å². The van der Waals surface area contributed by atoms with Gasteiger partial charge in [0.05, 0.1) is 11.4 Å². The van der Waals surface area contributed by atoms with E-state index in [0.29, 0.717) is 6.42 Å². The quantitative estimate of drug-likeness (QED) is 0.682. The highest BCUT2D eigenvalue weighted by Gasteiger charge is 2.05. The summed E-state index contributed by atoms with van der Waals surface area (Å²) in [6, 6.07) is 15.8. The van der Waals surface area contributed by atoms with Crippen molar-refractivity contribution in [3.63, 3.8) is 0 Å². The summed E-state index contributed by atoms with van der Waals surface area (Å²) in [5, 5.41) is 4.49. The third-order valence-electron chi connectivity index (χ3n) is 4.08. The summed E-state index contributed by atoms with van der Waals surface area (Å²) < 4.78 is 15.8. The summed E-state index contributed by atoms with van der Waals surface area (Å²) in [5.74, 6) is -0.107. The van der Waals surface area contributed by atoms with Gasteiger partial charge in [0.15, 0.2) is 0 Å². The van der Waals surface area contributed by atoms with Crippen LogP contribution in [-0.4, -0.2) is 9.78 Å². The Bertz CT molecular complexity index is 816. The van der Waals surface area contributed by atoms with Crippen molar-refractivity contribution >= 4 is 0 Å². The predicted octanol–water partition coefficient (Wildman–Crippen LogP) is 4.72. The summed E-state index contributed by atoms with van der Waals surface area (Å²) in [4.78, 5) is 0. The van der Waals surface area contributed by atoms with Crippen LogP contribution in [0.25, 0.3) is 5.69 Å². The van der Waals surface area contributed by atoms with Crippen LogP contribution in [0.1, 0.15) is 28.1 Å². The molecule has 3 aromatic rings. The van der Waals surface area contributed by atoms with Crippen LogP contribution in [0.4, 0.5) is 4.39 Å². The third kappa shape index (κ3) is 3.50. The molecule has 0 saturated heterocycles. The van der Waals surface area contributed by atoms with Gasteiger partial charge >= 0.3 is 0 Å². The van der Waals surface area contributed by atoms with Crippen molar-refractivity contribution in [2.24, 2.45) is 0 Å². The minimum atomic E-state index is -0.107. The van der Waals surface area contributed by atoms with Crippen LogP contribution in [0.15, 0.2) is 48.5 Å². The van der Waals surface area contributed by atoms with Crippen LogP contribution in [0.2, 0.25) is 0 Å². The lowest BCUT2D eigenvalue weighted by Crippen LogP contribution is -2.00. The molecule has 118 valence electrons. The molecule has 3 rings (SSSR count). The third-order valence-corrected chi connectivity index (χ3v) is 4.08. The maximum atomic E-state index is 13.9.